The van der Waals surface area contributed by atoms with Crippen LogP contribution in [0.2, 0.25) is 0 Å². The van der Waals surface area contributed by atoms with Gasteiger partial charge in [-0.05, 0) is 29.8 Å². The SMILES string of the molecule is Nc1ccccc1C(=O)N(N)CC(=O)NCc1ccc(F)cc1. The number of nitrogen functional groups attached to an aromatic ring is 1. The van der Waals surface area contributed by atoms with Gasteiger partial charge in [-0.2, -0.15) is 0 Å². The first-order chi connectivity index (χ1) is 11.0. The number of carbonyl (C=O) groups excluding carboxylic acids is 2. The fourth-order valence-electron chi connectivity index (χ4n) is 1.93. The molecule has 2 aromatic rings. The van der Waals surface area contributed by atoms with Crippen LogP contribution in [0.25, 0.3) is 0 Å². The van der Waals surface area contributed by atoms with Gasteiger partial charge >= 0.3 is 0 Å². The van der Waals surface area contributed by atoms with Crippen LogP contribution >= 0.6 is 0 Å². The zero-order valence-electron chi connectivity index (χ0n) is 12.3. The van der Waals surface area contributed by atoms with Crippen molar-refractivity contribution in [3.8, 4) is 0 Å². The largest absolute Gasteiger partial charge is 0.398 e. The van der Waals surface area contributed by atoms with Crippen molar-refractivity contribution >= 4 is 17.5 Å². The summed E-state index contributed by atoms with van der Waals surface area (Å²) in [6.07, 6.45) is 0. The molecule has 0 aliphatic rings. The number of halogens is 1. The summed E-state index contributed by atoms with van der Waals surface area (Å²) in [7, 11) is 0. The number of benzene rings is 2. The highest BCUT2D eigenvalue weighted by atomic mass is 19.1. The zero-order valence-corrected chi connectivity index (χ0v) is 12.3. The number of anilines is 1. The summed E-state index contributed by atoms with van der Waals surface area (Å²) in [6.45, 7) is -0.0943. The average Bonchev–Trinajstić information content (AvgIpc) is 2.54. The van der Waals surface area contributed by atoms with Crippen LogP contribution in [0.4, 0.5) is 10.1 Å². The predicted octanol–water partition coefficient (Wildman–Crippen LogP) is 1.04. The average molecular weight is 316 g/mol. The van der Waals surface area contributed by atoms with E-state index < -0.39 is 11.8 Å². The van der Waals surface area contributed by atoms with Gasteiger partial charge < -0.3 is 11.1 Å². The molecule has 6 nitrogen and oxygen atoms in total. The second-order valence-corrected chi connectivity index (χ2v) is 4.92. The molecule has 0 bridgehead atoms. The normalized spacial score (nSPS) is 10.2. The lowest BCUT2D eigenvalue weighted by Gasteiger charge is -2.17. The van der Waals surface area contributed by atoms with Crippen LogP contribution in [0, 0.1) is 5.82 Å². The minimum atomic E-state index is -0.542. The quantitative estimate of drug-likeness (QED) is 0.332. The Morgan fingerprint density at radius 1 is 1.09 bits per heavy atom. The summed E-state index contributed by atoms with van der Waals surface area (Å²) in [4.78, 5) is 23.9. The molecule has 0 aliphatic carbocycles. The number of carbonyl (C=O) groups is 2. The van der Waals surface area contributed by atoms with Crippen molar-refractivity contribution in [2.45, 2.75) is 6.54 Å². The fourth-order valence-corrected chi connectivity index (χ4v) is 1.93. The highest BCUT2D eigenvalue weighted by molar-refractivity contribution is 6.00. The second-order valence-electron chi connectivity index (χ2n) is 4.92. The van der Waals surface area contributed by atoms with Crippen molar-refractivity contribution in [3.05, 3.63) is 65.5 Å². The number of nitrogens with two attached hydrogens (primary N) is 2. The molecular formula is C16H17FN4O2. The summed E-state index contributed by atoms with van der Waals surface area (Å²) >= 11 is 0. The van der Waals surface area contributed by atoms with Crippen molar-refractivity contribution in [2.24, 2.45) is 5.84 Å². The second kappa shape index (κ2) is 7.37. The molecule has 5 N–H and O–H groups in total. The molecule has 2 amide bonds. The molecule has 0 aromatic heterocycles. The number of hydrogen-bond donors (Lipinski definition) is 3. The molecule has 0 atom stereocenters. The van der Waals surface area contributed by atoms with Crippen LogP contribution in [0.15, 0.2) is 48.5 Å². The van der Waals surface area contributed by atoms with Gasteiger partial charge in [0.15, 0.2) is 0 Å². The number of hydrazine groups is 1. The molecular weight excluding hydrogens is 299 g/mol. The van der Waals surface area contributed by atoms with E-state index in [2.05, 4.69) is 5.32 Å². The Hall–Kier alpha value is -2.93. The van der Waals surface area contributed by atoms with Crippen LogP contribution in [0.1, 0.15) is 15.9 Å². The summed E-state index contributed by atoms with van der Waals surface area (Å²) in [5, 5.41) is 3.40. The summed E-state index contributed by atoms with van der Waals surface area (Å²) in [5.74, 6) is 4.31. The van der Waals surface area contributed by atoms with Crippen molar-refractivity contribution in [2.75, 3.05) is 12.3 Å². The maximum absolute atomic E-state index is 12.8. The maximum Gasteiger partial charge on any atom is 0.270 e. The minimum Gasteiger partial charge on any atom is -0.398 e. The predicted molar refractivity (Wildman–Crippen MR) is 84.3 cm³/mol. The van der Waals surface area contributed by atoms with E-state index in [1.165, 1.54) is 18.2 Å². The van der Waals surface area contributed by atoms with Crippen molar-refractivity contribution in [1.29, 1.82) is 0 Å². The van der Waals surface area contributed by atoms with Gasteiger partial charge in [0.1, 0.15) is 12.4 Å². The summed E-state index contributed by atoms with van der Waals surface area (Å²) in [6, 6.07) is 12.2. The number of rotatable bonds is 5. The van der Waals surface area contributed by atoms with E-state index in [4.69, 9.17) is 11.6 Å². The summed E-state index contributed by atoms with van der Waals surface area (Å²) in [5.41, 5.74) is 6.97. The Kier molecular flexibility index (Phi) is 5.27. The van der Waals surface area contributed by atoms with Gasteiger partial charge in [-0.25, -0.2) is 10.2 Å². The monoisotopic (exact) mass is 316 g/mol. The lowest BCUT2D eigenvalue weighted by Crippen LogP contribution is -2.44. The molecule has 0 spiro atoms. The van der Waals surface area contributed by atoms with E-state index in [0.717, 1.165) is 10.6 Å². The zero-order chi connectivity index (χ0) is 16.8. The molecule has 120 valence electrons. The topological polar surface area (TPSA) is 101 Å². The molecule has 7 heteroatoms. The Labute approximate surface area is 132 Å². The highest BCUT2D eigenvalue weighted by Gasteiger charge is 2.17. The van der Waals surface area contributed by atoms with E-state index in [9.17, 15) is 14.0 Å². The van der Waals surface area contributed by atoms with Crippen LogP contribution < -0.4 is 16.9 Å². The van der Waals surface area contributed by atoms with Gasteiger partial charge in [0, 0.05) is 12.2 Å². The van der Waals surface area contributed by atoms with Gasteiger partial charge in [-0.1, -0.05) is 24.3 Å². The third kappa shape index (κ3) is 4.52. The number of para-hydroxylation sites is 1. The van der Waals surface area contributed by atoms with Gasteiger partial charge in [0.05, 0.1) is 5.56 Å². The molecule has 0 radical (unpaired) electrons. The Morgan fingerprint density at radius 3 is 2.39 bits per heavy atom. The first-order valence-electron chi connectivity index (χ1n) is 6.89. The molecule has 2 aromatic carbocycles. The molecule has 0 aliphatic heterocycles. The van der Waals surface area contributed by atoms with Gasteiger partial charge in [0.2, 0.25) is 5.91 Å². The third-order valence-electron chi connectivity index (χ3n) is 3.17. The Morgan fingerprint density at radius 2 is 1.74 bits per heavy atom. The summed E-state index contributed by atoms with van der Waals surface area (Å²) < 4.78 is 12.8. The minimum absolute atomic E-state index is 0.217. The number of nitrogens with one attached hydrogen (secondary N) is 1. The number of hydrogen-bond acceptors (Lipinski definition) is 4. The van der Waals surface area contributed by atoms with Crippen molar-refractivity contribution < 1.29 is 14.0 Å². The van der Waals surface area contributed by atoms with E-state index in [1.54, 1.807) is 30.3 Å². The van der Waals surface area contributed by atoms with E-state index >= 15 is 0 Å². The molecule has 23 heavy (non-hydrogen) atoms. The maximum atomic E-state index is 12.8. The fraction of sp³-hybridized carbons (Fsp3) is 0.125. The number of amides is 2. The standard InChI is InChI=1S/C16H17FN4O2/c17-12-7-5-11(6-8-12)9-20-15(22)10-21(19)16(23)13-3-1-2-4-14(13)18/h1-8H,9-10,18-19H2,(H,20,22). The molecule has 0 saturated heterocycles. The van der Waals surface area contributed by atoms with E-state index in [-0.39, 0.29) is 24.5 Å². The van der Waals surface area contributed by atoms with Crippen molar-refractivity contribution in [3.63, 3.8) is 0 Å². The Balaban J connectivity index is 1.88. The Bertz CT molecular complexity index is 703. The van der Waals surface area contributed by atoms with E-state index in [1.807, 2.05) is 0 Å². The van der Waals surface area contributed by atoms with Crippen LogP contribution in [0.5, 0.6) is 0 Å². The van der Waals surface area contributed by atoms with Crippen LogP contribution in [-0.2, 0) is 11.3 Å². The smallest absolute Gasteiger partial charge is 0.270 e. The van der Waals surface area contributed by atoms with E-state index in [0.29, 0.717) is 5.69 Å². The first kappa shape index (κ1) is 16.4. The molecule has 0 unspecified atom stereocenters. The van der Waals surface area contributed by atoms with Crippen molar-refractivity contribution in [1.82, 2.24) is 10.3 Å². The molecule has 0 fully saturated rings. The first-order valence-corrected chi connectivity index (χ1v) is 6.89. The number of nitrogens with zero attached hydrogens (tertiary/aromatic N) is 1. The van der Waals surface area contributed by atoms with Gasteiger partial charge in [-0.15, -0.1) is 0 Å². The van der Waals surface area contributed by atoms with Gasteiger partial charge in [0.25, 0.3) is 5.91 Å². The van der Waals surface area contributed by atoms with Gasteiger partial charge in [-0.3, -0.25) is 14.6 Å². The van der Waals surface area contributed by atoms with Crippen LogP contribution in [-0.4, -0.2) is 23.4 Å². The third-order valence-corrected chi connectivity index (χ3v) is 3.17. The van der Waals surface area contributed by atoms with Crippen LogP contribution in [0.3, 0.4) is 0 Å². The highest BCUT2D eigenvalue weighted by Crippen LogP contribution is 2.11. The molecule has 0 saturated carbocycles. The molecule has 2 rings (SSSR count). The lowest BCUT2D eigenvalue weighted by molar-refractivity contribution is -0.122. The lowest BCUT2D eigenvalue weighted by atomic mass is 10.1. The molecule has 0 heterocycles.